The Morgan fingerprint density at radius 2 is 1.79 bits per heavy atom. The molecular weight excluding hydrogens is 426 g/mol. The fourth-order valence-electron chi connectivity index (χ4n) is 4.31. The van der Waals surface area contributed by atoms with E-state index in [1.54, 1.807) is 13.3 Å². The molecule has 0 spiro atoms. The summed E-state index contributed by atoms with van der Waals surface area (Å²) in [5.41, 5.74) is 2.66. The minimum Gasteiger partial charge on any atom is -0.457 e. The quantitative estimate of drug-likeness (QED) is 0.416. The lowest BCUT2D eigenvalue weighted by Crippen LogP contribution is -2.38. The molecule has 0 radical (unpaired) electrons. The van der Waals surface area contributed by atoms with Crippen molar-refractivity contribution in [1.29, 1.82) is 0 Å². The lowest BCUT2D eigenvalue weighted by atomic mass is 9.97. The van der Waals surface area contributed by atoms with Crippen LogP contribution in [0.4, 0.5) is 0 Å². The summed E-state index contributed by atoms with van der Waals surface area (Å²) < 4.78 is 7.90. The van der Waals surface area contributed by atoms with E-state index >= 15 is 0 Å². The number of carbonyl (C=O) groups excluding carboxylic acids is 1. The van der Waals surface area contributed by atoms with E-state index in [1.165, 1.54) is 0 Å². The minimum atomic E-state index is -0.0831. The van der Waals surface area contributed by atoms with Gasteiger partial charge in [0.05, 0.1) is 5.39 Å². The van der Waals surface area contributed by atoms with Crippen LogP contribution in [0.1, 0.15) is 19.8 Å². The van der Waals surface area contributed by atoms with Gasteiger partial charge in [0.15, 0.2) is 5.65 Å². The zero-order valence-corrected chi connectivity index (χ0v) is 19.0. The van der Waals surface area contributed by atoms with Crippen LogP contribution in [0.3, 0.4) is 0 Å². The van der Waals surface area contributed by atoms with Gasteiger partial charge in [0.1, 0.15) is 23.5 Å². The van der Waals surface area contributed by atoms with Gasteiger partial charge in [0.25, 0.3) is 5.91 Å². The summed E-state index contributed by atoms with van der Waals surface area (Å²) in [4.78, 5) is 22.6. The van der Waals surface area contributed by atoms with Crippen LogP contribution >= 0.6 is 0 Å². The molecule has 0 aliphatic carbocycles. The number of nitrogens with zero attached hydrogens (tertiary/aromatic N) is 5. The van der Waals surface area contributed by atoms with Crippen molar-refractivity contribution in [1.82, 2.24) is 24.6 Å². The molecule has 170 valence electrons. The number of carbonyl (C=O) groups is 1. The summed E-state index contributed by atoms with van der Waals surface area (Å²) in [6, 6.07) is 17.6. The lowest BCUT2D eigenvalue weighted by Gasteiger charge is -2.30. The average molecular weight is 452 g/mol. The molecule has 4 aromatic rings. The Morgan fingerprint density at radius 3 is 2.53 bits per heavy atom. The molecule has 1 fully saturated rings. The maximum atomic E-state index is 12.0. The third-order valence-corrected chi connectivity index (χ3v) is 6.08. The van der Waals surface area contributed by atoms with Crippen molar-refractivity contribution in [3.63, 3.8) is 0 Å². The molecule has 1 amide bonds. The largest absolute Gasteiger partial charge is 0.457 e. The molecule has 1 aliphatic heterocycles. The van der Waals surface area contributed by atoms with Crippen molar-refractivity contribution < 1.29 is 9.53 Å². The summed E-state index contributed by atoms with van der Waals surface area (Å²) in [7, 11) is 0. The molecular formula is C27H25N5O2. The minimum absolute atomic E-state index is 0.0831. The van der Waals surface area contributed by atoms with Gasteiger partial charge >= 0.3 is 0 Å². The molecule has 0 unspecified atom stereocenters. The molecule has 3 heterocycles. The van der Waals surface area contributed by atoms with E-state index < -0.39 is 0 Å². The fourth-order valence-corrected chi connectivity index (χ4v) is 4.31. The Bertz CT molecular complexity index is 1340. The predicted octanol–water partition coefficient (Wildman–Crippen LogP) is 4.55. The highest BCUT2D eigenvalue weighted by molar-refractivity contribution is 5.93. The Hall–Kier alpha value is -4.18. The standard InChI is InChI=1S/C27H25N5O2/c1-2-6-25(33)31-15-13-20(14-16-31)18-32-27-24(17-28-19-29-27)26(30-32)21-9-11-23(12-10-21)34-22-7-4-3-5-8-22/h3-5,7-12,17,19-20H,13-16,18H2,1H3. The number of hydrogen-bond donors (Lipinski definition) is 0. The monoisotopic (exact) mass is 451 g/mol. The Labute approximate surface area is 198 Å². The summed E-state index contributed by atoms with van der Waals surface area (Å²) in [6.45, 7) is 3.89. The molecule has 2 aromatic carbocycles. The second kappa shape index (κ2) is 9.75. The van der Waals surface area contributed by atoms with Crippen molar-refractivity contribution in [3.05, 3.63) is 67.1 Å². The SMILES string of the molecule is CC#CC(=O)N1CCC(Cn2nc(-c3ccc(Oc4ccccc4)cc3)c3cncnc32)CC1. The van der Waals surface area contributed by atoms with E-state index in [9.17, 15) is 4.79 Å². The van der Waals surface area contributed by atoms with Crippen LogP contribution in [-0.4, -0.2) is 43.6 Å². The number of aromatic nitrogens is 4. The highest BCUT2D eigenvalue weighted by atomic mass is 16.5. The topological polar surface area (TPSA) is 73.1 Å². The predicted molar refractivity (Wildman–Crippen MR) is 130 cm³/mol. The normalized spacial score (nSPS) is 14.0. The number of amides is 1. The first-order valence-electron chi connectivity index (χ1n) is 11.4. The molecule has 7 heteroatoms. The molecule has 5 rings (SSSR count). The number of benzene rings is 2. The first-order chi connectivity index (χ1) is 16.7. The zero-order chi connectivity index (χ0) is 23.3. The van der Waals surface area contributed by atoms with Gasteiger partial charge < -0.3 is 9.64 Å². The van der Waals surface area contributed by atoms with E-state index in [4.69, 9.17) is 9.84 Å². The van der Waals surface area contributed by atoms with E-state index in [0.717, 1.165) is 66.3 Å². The van der Waals surface area contributed by atoms with Crippen LogP contribution in [0, 0.1) is 17.8 Å². The van der Waals surface area contributed by atoms with Crippen LogP contribution in [0.25, 0.3) is 22.3 Å². The second-order valence-corrected chi connectivity index (χ2v) is 8.34. The van der Waals surface area contributed by atoms with Gasteiger partial charge in [0, 0.05) is 31.4 Å². The fraction of sp³-hybridized carbons (Fsp3) is 0.259. The Morgan fingerprint density at radius 1 is 1.06 bits per heavy atom. The van der Waals surface area contributed by atoms with Crippen molar-refractivity contribution >= 4 is 16.9 Å². The summed E-state index contributed by atoms with van der Waals surface area (Å²) in [6.07, 6.45) is 5.22. The van der Waals surface area contributed by atoms with Crippen LogP contribution < -0.4 is 4.74 Å². The summed E-state index contributed by atoms with van der Waals surface area (Å²) >= 11 is 0. The van der Waals surface area contributed by atoms with Gasteiger partial charge in [-0.2, -0.15) is 5.10 Å². The third-order valence-electron chi connectivity index (χ3n) is 6.08. The van der Waals surface area contributed by atoms with E-state index in [-0.39, 0.29) is 5.91 Å². The Balaban J connectivity index is 1.34. The van der Waals surface area contributed by atoms with E-state index in [2.05, 4.69) is 21.8 Å². The maximum Gasteiger partial charge on any atom is 0.298 e. The maximum absolute atomic E-state index is 12.0. The van der Waals surface area contributed by atoms with Crippen LogP contribution in [0.2, 0.25) is 0 Å². The molecule has 1 saturated heterocycles. The average Bonchev–Trinajstić information content (AvgIpc) is 3.24. The second-order valence-electron chi connectivity index (χ2n) is 8.34. The zero-order valence-electron chi connectivity index (χ0n) is 19.0. The smallest absolute Gasteiger partial charge is 0.298 e. The van der Waals surface area contributed by atoms with Gasteiger partial charge in [-0.25, -0.2) is 14.6 Å². The molecule has 34 heavy (non-hydrogen) atoms. The third kappa shape index (κ3) is 4.62. The van der Waals surface area contributed by atoms with Crippen LogP contribution in [0.15, 0.2) is 67.1 Å². The van der Waals surface area contributed by atoms with Crippen LogP contribution in [-0.2, 0) is 11.3 Å². The number of para-hydroxylation sites is 1. The molecule has 7 nitrogen and oxygen atoms in total. The number of hydrogen-bond acceptors (Lipinski definition) is 5. The number of likely N-dealkylation sites (tertiary alicyclic amines) is 1. The van der Waals surface area contributed by atoms with Gasteiger partial charge in [-0.15, -0.1) is 0 Å². The van der Waals surface area contributed by atoms with Gasteiger partial charge in [-0.05, 0) is 68.0 Å². The first-order valence-corrected chi connectivity index (χ1v) is 11.4. The summed E-state index contributed by atoms with van der Waals surface area (Å²) in [5, 5.41) is 5.84. The molecule has 0 atom stereocenters. The number of fused-ring (bicyclic) bond motifs is 1. The molecule has 0 saturated carbocycles. The van der Waals surface area contributed by atoms with Gasteiger partial charge in [-0.3, -0.25) is 4.79 Å². The molecule has 2 aromatic heterocycles. The van der Waals surface area contributed by atoms with Gasteiger partial charge in [-0.1, -0.05) is 24.1 Å². The first kappa shape index (κ1) is 21.7. The molecule has 0 bridgehead atoms. The van der Waals surface area contributed by atoms with Crippen LogP contribution in [0.5, 0.6) is 11.5 Å². The lowest BCUT2D eigenvalue weighted by molar-refractivity contribution is -0.126. The van der Waals surface area contributed by atoms with Gasteiger partial charge in [0.2, 0.25) is 0 Å². The number of rotatable bonds is 5. The van der Waals surface area contributed by atoms with Crippen molar-refractivity contribution in [2.45, 2.75) is 26.3 Å². The number of ether oxygens (including phenoxy) is 1. The number of piperidine rings is 1. The molecule has 1 aliphatic rings. The van der Waals surface area contributed by atoms with E-state index in [0.29, 0.717) is 5.92 Å². The van der Waals surface area contributed by atoms with Crippen molar-refractivity contribution in [2.24, 2.45) is 5.92 Å². The van der Waals surface area contributed by atoms with Crippen molar-refractivity contribution in [3.8, 4) is 34.6 Å². The highest BCUT2D eigenvalue weighted by Gasteiger charge is 2.24. The van der Waals surface area contributed by atoms with E-state index in [1.807, 2.05) is 70.4 Å². The van der Waals surface area contributed by atoms with Crippen molar-refractivity contribution in [2.75, 3.05) is 13.1 Å². The molecule has 0 N–H and O–H groups in total. The highest BCUT2D eigenvalue weighted by Crippen LogP contribution is 2.30. The summed E-state index contributed by atoms with van der Waals surface area (Å²) in [5.74, 6) is 7.23. The Kier molecular flexibility index (Phi) is 6.21.